The van der Waals surface area contributed by atoms with Crippen LogP contribution in [-0.4, -0.2) is 5.78 Å². The third-order valence-corrected chi connectivity index (χ3v) is 3.38. The lowest BCUT2D eigenvalue weighted by atomic mass is 10.0. The van der Waals surface area contributed by atoms with E-state index in [-0.39, 0.29) is 5.56 Å². The summed E-state index contributed by atoms with van der Waals surface area (Å²) in [7, 11) is 0. The molecule has 2 nitrogen and oxygen atoms in total. The van der Waals surface area contributed by atoms with Gasteiger partial charge in [0.05, 0.1) is 5.56 Å². The van der Waals surface area contributed by atoms with Gasteiger partial charge >= 0.3 is 0 Å². The highest BCUT2D eigenvalue weighted by molar-refractivity contribution is 6.09. The number of rotatable bonds is 4. The summed E-state index contributed by atoms with van der Waals surface area (Å²) in [5, 5.41) is 0. The van der Waals surface area contributed by atoms with Crippen LogP contribution in [0.2, 0.25) is 0 Å². The van der Waals surface area contributed by atoms with Gasteiger partial charge in [0, 0.05) is 5.56 Å². The molecule has 0 aliphatic heterocycles. The first-order chi connectivity index (χ1) is 11.6. The summed E-state index contributed by atoms with van der Waals surface area (Å²) in [6.07, 6.45) is 0. The van der Waals surface area contributed by atoms with Gasteiger partial charge in [-0.15, -0.1) is 0 Å². The van der Waals surface area contributed by atoms with Crippen molar-refractivity contribution in [2.75, 3.05) is 0 Å². The second kappa shape index (κ2) is 6.58. The summed E-state index contributed by atoms with van der Waals surface area (Å²) in [6.45, 7) is 0. The molecule has 0 unspecified atom stereocenters. The Morgan fingerprint density at radius 2 is 1.33 bits per heavy atom. The van der Waals surface area contributed by atoms with Crippen LogP contribution < -0.4 is 4.74 Å². The van der Waals surface area contributed by atoms with E-state index >= 15 is 0 Å². The third kappa shape index (κ3) is 3.15. The van der Waals surface area contributed by atoms with Crippen LogP contribution in [0.25, 0.3) is 0 Å². The summed E-state index contributed by atoms with van der Waals surface area (Å²) in [5.41, 5.74) is -0.383. The van der Waals surface area contributed by atoms with Gasteiger partial charge < -0.3 is 4.74 Å². The van der Waals surface area contributed by atoms with Crippen molar-refractivity contribution in [2.24, 2.45) is 0 Å². The molecule has 0 amide bonds. The van der Waals surface area contributed by atoms with Gasteiger partial charge in [0.25, 0.3) is 0 Å². The molecule has 0 heterocycles. The van der Waals surface area contributed by atoms with E-state index in [4.69, 9.17) is 4.74 Å². The number of benzene rings is 3. The van der Waals surface area contributed by atoms with Crippen LogP contribution in [0.3, 0.4) is 0 Å². The Kier molecular flexibility index (Phi) is 4.33. The molecular formula is C19H11F3O2. The maximum atomic E-state index is 13.7. The largest absolute Gasteiger partial charge is 0.457 e. The summed E-state index contributed by atoms with van der Waals surface area (Å²) in [5.74, 6) is -4.12. The Bertz CT molecular complexity index is 875. The molecule has 24 heavy (non-hydrogen) atoms. The number of ether oxygens (including phenoxy) is 1. The first-order valence-electron chi connectivity index (χ1n) is 7.07. The monoisotopic (exact) mass is 328 g/mol. The minimum atomic E-state index is -1.66. The number of carbonyl (C=O) groups is 1. The topological polar surface area (TPSA) is 26.3 Å². The molecule has 3 rings (SSSR count). The quantitative estimate of drug-likeness (QED) is 0.490. The molecule has 3 aromatic rings. The van der Waals surface area contributed by atoms with E-state index in [0.29, 0.717) is 11.5 Å². The number of carbonyl (C=O) groups excluding carboxylic acids is 1. The number of hydrogen-bond acceptors (Lipinski definition) is 2. The van der Waals surface area contributed by atoms with Crippen molar-refractivity contribution in [1.82, 2.24) is 0 Å². The molecule has 0 N–H and O–H groups in total. The van der Waals surface area contributed by atoms with E-state index in [2.05, 4.69) is 0 Å². The van der Waals surface area contributed by atoms with Crippen molar-refractivity contribution in [3.63, 3.8) is 0 Å². The molecule has 3 aromatic carbocycles. The minimum Gasteiger partial charge on any atom is -0.457 e. The van der Waals surface area contributed by atoms with Gasteiger partial charge in [-0.25, -0.2) is 13.2 Å². The molecule has 0 atom stereocenters. The molecule has 0 aromatic heterocycles. The fourth-order valence-electron chi connectivity index (χ4n) is 2.16. The predicted molar refractivity (Wildman–Crippen MR) is 82.7 cm³/mol. The molecular weight excluding hydrogens is 317 g/mol. The van der Waals surface area contributed by atoms with E-state index < -0.39 is 28.8 Å². The highest BCUT2D eigenvalue weighted by atomic mass is 19.2. The van der Waals surface area contributed by atoms with E-state index in [1.54, 1.807) is 12.1 Å². The maximum Gasteiger partial charge on any atom is 0.196 e. The molecule has 120 valence electrons. The lowest BCUT2D eigenvalue weighted by Crippen LogP contribution is -2.07. The Morgan fingerprint density at radius 3 is 2.00 bits per heavy atom. The first kappa shape index (κ1) is 15.8. The third-order valence-electron chi connectivity index (χ3n) is 3.38. The van der Waals surface area contributed by atoms with Crippen LogP contribution >= 0.6 is 0 Å². The van der Waals surface area contributed by atoms with Crippen molar-refractivity contribution in [2.45, 2.75) is 0 Å². The fraction of sp³-hybridized carbons (Fsp3) is 0. The predicted octanol–water partition coefficient (Wildman–Crippen LogP) is 5.13. The molecule has 0 radical (unpaired) electrons. The van der Waals surface area contributed by atoms with E-state index in [0.717, 1.165) is 12.1 Å². The van der Waals surface area contributed by atoms with Crippen LogP contribution in [0.15, 0.2) is 66.7 Å². The van der Waals surface area contributed by atoms with Crippen LogP contribution in [0.1, 0.15) is 15.9 Å². The van der Waals surface area contributed by atoms with Gasteiger partial charge in [-0.1, -0.05) is 18.2 Å². The van der Waals surface area contributed by atoms with Crippen molar-refractivity contribution < 1.29 is 22.7 Å². The van der Waals surface area contributed by atoms with Crippen LogP contribution in [0, 0.1) is 17.5 Å². The molecule has 0 aliphatic carbocycles. The van der Waals surface area contributed by atoms with Crippen LogP contribution in [-0.2, 0) is 0 Å². The summed E-state index contributed by atoms with van der Waals surface area (Å²) in [4.78, 5) is 12.2. The van der Waals surface area contributed by atoms with Gasteiger partial charge in [-0.2, -0.15) is 0 Å². The van der Waals surface area contributed by atoms with Gasteiger partial charge in [0.15, 0.2) is 23.2 Å². The zero-order valence-electron chi connectivity index (χ0n) is 12.3. The Morgan fingerprint density at radius 1 is 0.708 bits per heavy atom. The second-order valence-electron chi connectivity index (χ2n) is 4.99. The normalized spacial score (nSPS) is 10.5. The van der Waals surface area contributed by atoms with Crippen molar-refractivity contribution in [3.05, 3.63) is 95.3 Å². The fourth-order valence-corrected chi connectivity index (χ4v) is 2.16. The van der Waals surface area contributed by atoms with Gasteiger partial charge in [0.1, 0.15) is 11.5 Å². The number of hydrogen-bond donors (Lipinski definition) is 0. The molecule has 0 bridgehead atoms. The second-order valence-corrected chi connectivity index (χ2v) is 4.99. The van der Waals surface area contributed by atoms with Crippen LogP contribution in [0.5, 0.6) is 11.5 Å². The van der Waals surface area contributed by atoms with E-state index in [1.807, 2.05) is 18.2 Å². The molecule has 5 heteroatoms. The summed E-state index contributed by atoms with van der Waals surface area (Å²) < 4.78 is 45.5. The Hall–Kier alpha value is -3.08. The van der Waals surface area contributed by atoms with E-state index in [9.17, 15) is 18.0 Å². The Balaban J connectivity index is 1.83. The minimum absolute atomic E-state index is 0.139. The molecule has 0 aliphatic rings. The standard InChI is InChI=1S/C19H11F3O2/c20-16-11-10-15(17(21)18(16)22)19(23)12-6-8-14(9-7-12)24-13-4-2-1-3-5-13/h1-11H. The van der Waals surface area contributed by atoms with Crippen LogP contribution in [0.4, 0.5) is 13.2 Å². The van der Waals surface area contributed by atoms with Gasteiger partial charge in [-0.05, 0) is 48.5 Å². The lowest BCUT2D eigenvalue weighted by Gasteiger charge is -2.07. The summed E-state index contributed by atoms with van der Waals surface area (Å²) >= 11 is 0. The first-order valence-corrected chi connectivity index (χ1v) is 7.07. The highest BCUT2D eigenvalue weighted by Gasteiger charge is 2.19. The zero-order valence-corrected chi connectivity index (χ0v) is 12.3. The average molecular weight is 328 g/mol. The number of para-hydroxylation sites is 1. The van der Waals surface area contributed by atoms with Crippen molar-refractivity contribution in [1.29, 1.82) is 0 Å². The van der Waals surface area contributed by atoms with Gasteiger partial charge in [-0.3, -0.25) is 4.79 Å². The smallest absolute Gasteiger partial charge is 0.196 e. The SMILES string of the molecule is O=C(c1ccc(Oc2ccccc2)cc1)c1ccc(F)c(F)c1F. The van der Waals surface area contributed by atoms with E-state index in [1.165, 1.54) is 24.3 Å². The van der Waals surface area contributed by atoms with Crippen molar-refractivity contribution >= 4 is 5.78 Å². The maximum absolute atomic E-state index is 13.7. The molecule has 0 saturated heterocycles. The lowest BCUT2D eigenvalue weighted by molar-refractivity contribution is 0.103. The zero-order chi connectivity index (χ0) is 17.1. The molecule has 0 saturated carbocycles. The number of ketones is 1. The Labute approximate surface area is 136 Å². The van der Waals surface area contributed by atoms with Gasteiger partial charge in [0.2, 0.25) is 0 Å². The molecule has 0 fully saturated rings. The highest BCUT2D eigenvalue weighted by Crippen LogP contribution is 2.23. The summed E-state index contributed by atoms with van der Waals surface area (Å²) in [6, 6.07) is 16.6. The average Bonchev–Trinajstić information content (AvgIpc) is 2.61. The van der Waals surface area contributed by atoms with Crippen molar-refractivity contribution in [3.8, 4) is 11.5 Å². The number of halogens is 3. The molecule has 0 spiro atoms.